The fraction of sp³-hybridized carbons (Fsp3) is 0.316. The first-order valence-corrected chi connectivity index (χ1v) is 8.61. The van der Waals surface area contributed by atoms with Crippen LogP contribution in [0.4, 0.5) is 18.0 Å². The van der Waals surface area contributed by atoms with E-state index in [1.165, 1.54) is 23.1 Å². The molecule has 150 valence electrons. The van der Waals surface area contributed by atoms with E-state index in [-0.39, 0.29) is 11.5 Å². The topological polar surface area (TPSA) is 62.2 Å². The molecule has 0 atom stereocenters. The van der Waals surface area contributed by atoms with E-state index in [1.54, 1.807) is 24.3 Å². The van der Waals surface area contributed by atoms with E-state index in [0.29, 0.717) is 38.5 Å². The lowest BCUT2D eigenvalue weighted by molar-refractivity contribution is -0.274. The molecule has 2 aromatic carbocycles. The third-order valence-electron chi connectivity index (χ3n) is 4.22. The number of hydrogen-bond acceptors (Lipinski definition) is 4. The first-order chi connectivity index (χ1) is 13.3. The maximum Gasteiger partial charge on any atom is 0.573 e. The van der Waals surface area contributed by atoms with Crippen molar-refractivity contribution < 1.29 is 32.5 Å². The Labute approximate surface area is 159 Å². The zero-order chi connectivity index (χ0) is 20.1. The lowest BCUT2D eigenvalue weighted by atomic mass is 10.2. The Hall–Kier alpha value is -2.94. The van der Waals surface area contributed by atoms with Crippen molar-refractivity contribution in [3.8, 4) is 17.2 Å². The van der Waals surface area contributed by atoms with Crippen molar-refractivity contribution in [2.75, 3.05) is 26.2 Å². The van der Waals surface area contributed by atoms with E-state index in [2.05, 4.69) is 9.64 Å². The average Bonchev–Trinajstić information content (AvgIpc) is 2.61. The minimum absolute atomic E-state index is 0.231. The molecule has 1 aliphatic rings. The average molecular weight is 396 g/mol. The van der Waals surface area contributed by atoms with Gasteiger partial charge in [0, 0.05) is 38.8 Å². The van der Waals surface area contributed by atoms with E-state index in [4.69, 9.17) is 9.84 Å². The van der Waals surface area contributed by atoms with Crippen molar-refractivity contribution in [3.05, 3.63) is 54.1 Å². The van der Waals surface area contributed by atoms with E-state index in [0.717, 1.165) is 5.56 Å². The van der Waals surface area contributed by atoms with Crippen LogP contribution in [-0.2, 0) is 6.54 Å². The van der Waals surface area contributed by atoms with Crippen molar-refractivity contribution in [1.82, 2.24) is 9.80 Å². The number of ether oxygens (including phenoxy) is 2. The second kappa shape index (κ2) is 8.39. The van der Waals surface area contributed by atoms with Gasteiger partial charge in [0.05, 0.1) is 0 Å². The Morgan fingerprint density at radius 3 is 2.21 bits per heavy atom. The Morgan fingerprint density at radius 1 is 0.964 bits per heavy atom. The lowest BCUT2D eigenvalue weighted by Crippen LogP contribution is -2.47. The van der Waals surface area contributed by atoms with Crippen molar-refractivity contribution >= 4 is 6.09 Å². The van der Waals surface area contributed by atoms with Gasteiger partial charge in [-0.05, 0) is 29.8 Å². The van der Waals surface area contributed by atoms with Crippen LogP contribution in [0.2, 0.25) is 0 Å². The van der Waals surface area contributed by atoms with Crippen LogP contribution in [0.25, 0.3) is 0 Å². The molecule has 2 aromatic rings. The fourth-order valence-corrected chi connectivity index (χ4v) is 2.93. The number of rotatable bonds is 5. The van der Waals surface area contributed by atoms with E-state index in [1.807, 2.05) is 6.07 Å². The highest BCUT2D eigenvalue weighted by molar-refractivity contribution is 5.65. The number of piperazine rings is 1. The number of alkyl halides is 3. The summed E-state index contributed by atoms with van der Waals surface area (Å²) in [6.45, 7) is 2.80. The number of hydrogen-bond donors (Lipinski definition) is 1. The number of halogens is 3. The van der Waals surface area contributed by atoms with Crippen molar-refractivity contribution in [1.29, 1.82) is 0 Å². The number of amides is 1. The van der Waals surface area contributed by atoms with Gasteiger partial charge in [-0.3, -0.25) is 4.90 Å². The van der Waals surface area contributed by atoms with Gasteiger partial charge in [-0.25, -0.2) is 4.79 Å². The molecule has 1 saturated heterocycles. The number of benzene rings is 2. The molecule has 9 heteroatoms. The van der Waals surface area contributed by atoms with E-state index in [9.17, 15) is 18.0 Å². The monoisotopic (exact) mass is 396 g/mol. The molecule has 3 rings (SSSR count). The predicted octanol–water partition coefficient (Wildman–Crippen LogP) is 4.17. The SMILES string of the molecule is O=C(O)N1CCN(Cc2cccc(Oc3cccc(OC(F)(F)F)c3)c2)CC1. The van der Waals surface area contributed by atoms with Gasteiger partial charge in [-0.15, -0.1) is 13.2 Å². The molecule has 0 saturated carbocycles. The maximum atomic E-state index is 12.3. The van der Waals surface area contributed by atoms with Crippen LogP contribution in [0, 0.1) is 0 Å². The highest BCUT2D eigenvalue weighted by Crippen LogP contribution is 2.29. The molecule has 0 radical (unpaired) electrons. The third-order valence-corrected chi connectivity index (χ3v) is 4.22. The zero-order valence-electron chi connectivity index (χ0n) is 14.9. The minimum Gasteiger partial charge on any atom is -0.465 e. The van der Waals surface area contributed by atoms with Crippen molar-refractivity contribution in [3.63, 3.8) is 0 Å². The molecule has 1 N–H and O–H groups in total. The van der Waals surface area contributed by atoms with Crippen molar-refractivity contribution in [2.45, 2.75) is 12.9 Å². The van der Waals surface area contributed by atoms with Gasteiger partial charge in [-0.1, -0.05) is 18.2 Å². The number of carbonyl (C=O) groups is 1. The molecule has 0 aromatic heterocycles. The Balaban J connectivity index is 1.61. The second-order valence-corrected chi connectivity index (χ2v) is 6.32. The summed E-state index contributed by atoms with van der Waals surface area (Å²) < 4.78 is 46.6. The highest BCUT2D eigenvalue weighted by atomic mass is 19.4. The van der Waals surface area contributed by atoms with E-state index >= 15 is 0 Å². The predicted molar refractivity (Wildman–Crippen MR) is 94.5 cm³/mol. The fourth-order valence-electron chi connectivity index (χ4n) is 2.93. The van der Waals surface area contributed by atoms with Crippen LogP contribution in [0.3, 0.4) is 0 Å². The van der Waals surface area contributed by atoms with Gasteiger partial charge in [-0.2, -0.15) is 0 Å². The molecular weight excluding hydrogens is 377 g/mol. The standard InChI is InChI=1S/C19H19F3N2O4/c20-19(21,22)28-17-6-2-5-16(12-17)27-15-4-1-3-14(11-15)13-23-7-9-24(10-8-23)18(25)26/h1-6,11-12H,7-10,13H2,(H,25,26). The van der Waals surface area contributed by atoms with Gasteiger partial charge < -0.3 is 19.5 Å². The smallest absolute Gasteiger partial charge is 0.465 e. The summed E-state index contributed by atoms with van der Waals surface area (Å²) in [6, 6.07) is 12.6. The second-order valence-electron chi connectivity index (χ2n) is 6.32. The molecular formula is C19H19F3N2O4. The molecule has 1 fully saturated rings. The van der Waals surface area contributed by atoms with Gasteiger partial charge in [0.2, 0.25) is 0 Å². The van der Waals surface area contributed by atoms with Gasteiger partial charge in [0.1, 0.15) is 17.2 Å². The van der Waals surface area contributed by atoms with Crippen LogP contribution in [0.5, 0.6) is 17.2 Å². The quantitative estimate of drug-likeness (QED) is 0.822. The third kappa shape index (κ3) is 5.78. The van der Waals surface area contributed by atoms with Crippen LogP contribution in [-0.4, -0.2) is 53.5 Å². The lowest BCUT2D eigenvalue weighted by Gasteiger charge is -2.33. The summed E-state index contributed by atoms with van der Waals surface area (Å²) in [7, 11) is 0. The summed E-state index contributed by atoms with van der Waals surface area (Å²) in [5, 5.41) is 8.99. The van der Waals surface area contributed by atoms with Crippen LogP contribution in [0.1, 0.15) is 5.56 Å². The van der Waals surface area contributed by atoms with Crippen LogP contribution < -0.4 is 9.47 Å². The Morgan fingerprint density at radius 2 is 1.57 bits per heavy atom. The number of nitrogens with zero attached hydrogens (tertiary/aromatic N) is 2. The van der Waals surface area contributed by atoms with Gasteiger partial charge in [0.25, 0.3) is 0 Å². The van der Waals surface area contributed by atoms with Crippen molar-refractivity contribution in [2.24, 2.45) is 0 Å². The number of carboxylic acid groups (broad SMARTS) is 1. The molecule has 0 aliphatic carbocycles. The summed E-state index contributed by atoms with van der Waals surface area (Å²) in [6.07, 6.45) is -5.67. The highest BCUT2D eigenvalue weighted by Gasteiger charge is 2.31. The molecule has 0 unspecified atom stereocenters. The summed E-state index contributed by atoms with van der Waals surface area (Å²) in [4.78, 5) is 14.5. The zero-order valence-corrected chi connectivity index (χ0v) is 14.9. The van der Waals surface area contributed by atoms with E-state index < -0.39 is 12.5 Å². The summed E-state index contributed by atoms with van der Waals surface area (Å²) in [5.41, 5.74) is 0.962. The molecule has 6 nitrogen and oxygen atoms in total. The van der Waals surface area contributed by atoms with Crippen LogP contribution in [0.15, 0.2) is 48.5 Å². The maximum absolute atomic E-state index is 12.3. The molecule has 1 aliphatic heterocycles. The normalized spacial score (nSPS) is 15.3. The molecule has 1 heterocycles. The first-order valence-electron chi connectivity index (χ1n) is 8.61. The van der Waals surface area contributed by atoms with Crippen LogP contribution >= 0.6 is 0 Å². The summed E-state index contributed by atoms with van der Waals surface area (Å²) >= 11 is 0. The first kappa shape index (κ1) is 19.8. The molecule has 1 amide bonds. The Bertz CT molecular complexity index is 821. The van der Waals surface area contributed by atoms with Gasteiger partial charge >= 0.3 is 12.5 Å². The molecule has 0 bridgehead atoms. The Kier molecular flexibility index (Phi) is 5.93. The summed E-state index contributed by atoms with van der Waals surface area (Å²) in [5.74, 6) is 0.372. The molecule has 28 heavy (non-hydrogen) atoms. The molecule has 0 spiro atoms. The largest absolute Gasteiger partial charge is 0.573 e. The van der Waals surface area contributed by atoms with Gasteiger partial charge in [0.15, 0.2) is 0 Å². The minimum atomic E-state index is -4.76.